The maximum atomic E-state index is 12.9. The monoisotopic (exact) mass is 421 g/mol. The smallest absolute Gasteiger partial charge is 0.345 e. The third-order valence-corrected chi connectivity index (χ3v) is 4.34. The van der Waals surface area contributed by atoms with E-state index in [1.54, 1.807) is 72.8 Å². The number of methoxy groups -OCH3 is 2. The molecule has 0 aliphatic heterocycles. The molecule has 0 saturated carbocycles. The van der Waals surface area contributed by atoms with Gasteiger partial charge in [0.2, 0.25) is 6.10 Å². The minimum Gasteiger partial charge on any atom is -0.497 e. The molecule has 31 heavy (non-hydrogen) atoms. The van der Waals surface area contributed by atoms with Gasteiger partial charge in [-0.3, -0.25) is 4.79 Å². The first-order valence-corrected chi connectivity index (χ1v) is 9.56. The fourth-order valence-electron chi connectivity index (χ4n) is 2.85. The molecule has 0 aliphatic rings. The fourth-order valence-corrected chi connectivity index (χ4v) is 2.85. The molecular weight excluding hydrogens is 398 g/mol. The summed E-state index contributed by atoms with van der Waals surface area (Å²) >= 11 is 0. The largest absolute Gasteiger partial charge is 0.497 e. The molecule has 0 aliphatic carbocycles. The van der Waals surface area contributed by atoms with Crippen LogP contribution in [0.4, 0.5) is 5.69 Å². The first-order chi connectivity index (χ1) is 15.1. The highest BCUT2D eigenvalue weighted by Gasteiger charge is 2.25. The minimum atomic E-state index is -1.15. The van der Waals surface area contributed by atoms with E-state index < -0.39 is 18.0 Å². The van der Waals surface area contributed by atoms with Crippen molar-refractivity contribution in [2.45, 2.75) is 6.10 Å². The zero-order valence-electron chi connectivity index (χ0n) is 17.2. The molecule has 1 amide bonds. The van der Waals surface area contributed by atoms with Gasteiger partial charge >= 0.3 is 5.97 Å². The maximum absolute atomic E-state index is 12.9. The number of rotatable bonds is 9. The van der Waals surface area contributed by atoms with E-state index in [2.05, 4.69) is 5.32 Å². The third kappa shape index (κ3) is 5.99. The van der Waals surface area contributed by atoms with E-state index in [1.807, 2.05) is 6.07 Å². The molecular formula is C24H23NO6. The van der Waals surface area contributed by atoms with Crippen molar-refractivity contribution < 1.29 is 28.5 Å². The van der Waals surface area contributed by atoms with Crippen LogP contribution in [0.2, 0.25) is 0 Å². The van der Waals surface area contributed by atoms with Crippen molar-refractivity contribution in [2.24, 2.45) is 0 Å². The van der Waals surface area contributed by atoms with Crippen LogP contribution in [0, 0.1) is 0 Å². The van der Waals surface area contributed by atoms with Crippen LogP contribution in [0.3, 0.4) is 0 Å². The molecule has 7 heteroatoms. The van der Waals surface area contributed by atoms with Gasteiger partial charge in [-0.1, -0.05) is 48.5 Å². The Labute approximate surface area is 180 Å². The van der Waals surface area contributed by atoms with Gasteiger partial charge in [0, 0.05) is 17.3 Å². The van der Waals surface area contributed by atoms with Crippen LogP contribution in [0.1, 0.15) is 11.7 Å². The number of para-hydroxylation sites is 2. The molecule has 3 rings (SSSR count). The van der Waals surface area contributed by atoms with Crippen LogP contribution in [0.15, 0.2) is 78.9 Å². The van der Waals surface area contributed by atoms with E-state index in [4.69, 9.17) is 18.9 Å². The van der Waals surface area contributed by atoms with Crippen molar-refractivity contribution in [3.8, 4) is 17.2 Å². The highest BCUT2D eigenvalue weighted by Crippen LogP contribution is 2.26. The molecule has 0 aromatic heterocycles. The number of ether oxygens (including phenoxy) is 4. The van der Waals surface area contributed by atoms with Crippen LogP contribution in [0.5, 0.6) is 17.2 Å². The molecule has 3 aromatic rings. The SMILES string of the molecule is COc1cccc(NC(=O)[C@@H](OC(=O)COc2ccccc2OC)c2ccccc2)c1. The zero-order chi connectivity index (χ0) is 22.1. The molecule has 0 spiro atoms. The summed E-state index contributed by atoms with van der Waals surface area (Å²) in [4.78, 5) is 25.4. The Balaban J connectivity index is 1.71. The topological polar surface area (TPSA) is 83.1 Å². The van der Waals surface area contributed by atoms with Gasteiger partial charge in [-0.05, 0) is 24.3 Å². The number of amides is 1. The van der Waals surface area contributed by atoms with Crippen LogP contribution in [0.25, 0.3) is 0 Å². The van der Waals surface area contributed by atoms with Gasteiger partial charge in [-0.15, -0.1) is 0 Å². The maximum Gasteiger partial charge on any atom is 0.345 e. The molecule has 0 saturated heterocycles. The van der Waals surface area contributed by atoms with Crippen molar-refractivity contribution in [3.05, 3.63) is 84.4 Å². The predicted molar refractivity (Wildman–Crippen MR) is 115 cm³/mol. The average Bonchev–Trinajstić information content (AvgIpc) is 2.82. The Kier molecular flexibility index (Phi) is 7.48. The second-order valence-corrected chi connectivity index (χ2v) is 6.44. The minimum absolute atomic E-state index is 0.379. The Hall–Kier alpha value is -4.00. The van der Waals surface area contributed by atoms with Crippen molar-refractivity contribution in [2.75, 3.05) is 26.1 Å². The number of hydrogen-bond donors (Lipinski definition) is 1. The van der Waals surface area contributed by atoms with Crippen molar-refractivity contribution in [1.82, 2.24) is 0 Å². The zero-order valence-corrected chi connectivity index (χ0v) is 17.2. The second-order valence-electron chi connectivity index (χ2n) is 6.44. The summed E-state index contributed by atoms with van der Waals surface area (Å²) in [7, 11) is 3.05. The second kappa shape index (κ2) is 10.7. The number of hydrogen-bond acceptors (Lipinski definition) is 6. The molecule has 160 valence electrons. The van der Waals surface area contributed by atoms with Crippen LogP contribution in [-0.2, 0) is 14.3 Å². The number of nitrogens with one attached hydrogen (secondary N) is 1. The Bertz CT molecular complexity index is 1020. The van der Waals surface area contributed by atoms with Crippen LogP contribution in [-0.4, -0.2) is 32.7 Å². The number of carbonyl (C=O) groups is 2. The van der Waals surface area contributed by atoms with Gasteiger partial charge in [0.25, 0.3) is 5.91 Å². The lowest BCUT2D eigenvalue weighted by atomic mass is 10.1. The molecule has 0 radical (unpaired) electrons. The van der Waals surface area contributed by atoms with E-state index in [1.165, 1.54) is 14.2 Å². The quantitative estimate of drug-likeness (QED) is 0.526. The standard InChI is InChI=1S/C24H23NO6/c1-28-19-12-8-11-18(15-19)25-24(27)23(17-9-4-3-5-10-17)31-22(26)16-30-21-14-7-6-13-20(21)29-2/h3-15,23H,16H2,1-2H3,(H,25,27)/t23-/m0/s1. The molecule has 7 nitrogen and oxygen atoms in total. The van der Waals surface area contributed by atoms with Crippen molar-refractivity contribution in [3.63, 3.8) is 0 Å². The van der Waals surface area contributed by atoms with E-state index in [-0.39, 0.29) is 6.61 Å². The third-order valence-electron chi connectivity index (χ3n) is 4.34. The number of esters is 1. The molecule has 0 unspecified atom stereocenters. The summed E-state index contributed by atoms with van der Waals surface area (Å²) in [6.07, 6.45) is -1.15. The van der Waals surface area contributed by atoms with E-state index in [9.17, 15) is 9.59 Å². The van der Waals surface area contributed by atoms with E-state index in [0.29, 0.717) is 28.5 Å². The lowest BCUT2D eigenvalue weighted by Gasteiger charge is -2.18. The summed E-state index contributed by atoms with van der Waals surface area (Å²) in [5.41, 5.74) is 1.06. The molecule has 3 aromatic carbocycles. The lowest BCUT2D eigenvalue weighted by Crippen LogP contribution is -2.28. The average molecular weight is 421 g/mol. The summed E-state index contributed by atoms with van der Waals surface area (Å²) in [6, 6.07) is 22.6. The van der Waals surface area contributed by atoms with Gasteiger partial charge in [0.1, 0.15) is 5.75 Å². The van der Waals surface area contributed by atoms with Crippen molar-refractivity contribution >= 4 is 17.6 Å². The lowest BCUT2D eigenvalue weighted by molar-refractivity contribution is -0.156. The van der Waals surface area contributed by atoms with Crippen LogP contribution < -0.4 is 19.5 Å². The van der Waals surface area contributed by atoms with Crippen molar-refractivity contribution in [1.29, 1.82) is 0 Å². The van der Waals surface area contributed by atoms with Gasteiger partial charge < -0.3 is 24.3 Å². The summed E-state index contributed by atoms with van der Waals surface area (Å²) in [6.45, 7) is -0.379. The fraction of sp³-hybridized carbons (Fsp3) is 0.167. The number of anilines is 1. The van der Waals surface area contributed by atoms with E-state index >= 15 is 0 Å². The first-order valence-electron chi connectivity index (χ1n) is 9.56. The number of benzene rings is 3. The molecule has 0 fully saturated rings. The van der Waals surface area contributed by atoms with Crippen LogP contribution >= 0.6 is 0 Å². The summed E-state index contributed by atoms with van der Waals surface area (Å²) in [5, 5.41) is 2.76. The molecule has 0 bridgehead atoms. The van der Waals surface area contributed by atoms with Gasteiger partial charge in [-0.25, -0.2) is 4.79 Å². The number of carbonyl (C=O) groups excluding carboxylic acids is 2. The Morgan fingerprint density at radius 3 is 2.26 bits per heavy atom. The van der Waals surface area contributed by atoms with Gasteiger partial charge in [0.15, 0.2) is 18.1 Å². The Morgan fingerprint density at radius 2 is 1.55 bits per heavy atom. The Morgan fingerprint density at radius 1 is 0.839 bits per heavy atom. The molecule has 1 atom stereocenters. The first kappa shape index (κ1) is 21.7. The summed E-state index contributed by atoms with van der Waals surface area (Å²) < 4.78 is 21.4. The predicted octanol–water partition coefficient (Wildman–Crippen LogP) is 4.01. The van der Waals surface area contributed by atoms with Gasteiger partial charge in [-0.2, -0.15) is 0 Å². The van der Waals surface area contributed by atoms with Gasteiger partial charge in [0.05, 0.1) is 14.2 Å². The molecule has 1 N–H and O–H groups in total. The normalized spacial score (nSPS) is 11.2. The molecule has 0 heterocycles. The highest BCUT2D eigenvalue weighted by molar-refractivity contribution is 5.96. The summed E-state index contributed by atoms with van der Waals surface area (Å²) in [5.74, 6) is 0.298. The van der Waals surface area contributed by atoms with E-state index in [0.717, 1.165) is 0 Å². The highest BCUT2D eigenvalue weighted by atomic mass is 16.6.